The lowest BCUT2D eigenvalue weighted by atomic mass is 10.1. The van der Waals surface area contributed by atoms with E-state index >= 15 is 0 Å². The van der Waals surface area contributed by atoms with Crippen molar-refractivity contribution in [3.63, 3.8) is 0 Å². The number of hydrogen-bond acceptors (Lipinski definition) is 4. The summed E-state index contributed by atoms with van der Waals surface area (Å²) < 4.78 is 27.1. The molecular weight excluding hydrogens is 388 g/mol. The molecule has 8 heteroatoms. The van der Waals surface area contributed by atoms with Gasteiger partial charge >= 0.3 is 0 Å². The van der Waals surface area contributed by atoms with E-state index in [4.69, 9.17) is 11.6 Å². The highest BCUT2D eigenvalue weighted by Gasteiger charge is 2.24. The van der Waals surface area contributed by atoms with E-state index in [2.05, 4.69) is 10.0 Å². The first-order valence-corrected chi connectivity index (χ1v) is 10.4. The fourth-order valence-corrected chi connectivity index (χ4v) is 3.72. The number of halogens is 1. The lowest BCUT2D eigenvalue weighted by Gasteiger charge is -2.11. The maximum atomic E-state index is 12.5. The van der Waals surface area contributed by atoms with Crippen LogP contribution < -0.4 is 10.0 Å². The van der Waals surface area contributed by atoms with Gasteiger partial charge < -0.3 is 5.32 Å². The summed E-state index contributed by atoms with van der Waals surface area (Å²) in [6.07, 6.45) is 2.49. The number of rotatable bonds is 6. The Morgan fingerprint density at radius 2 is 1.74 bits per heavy atom. The molecule has 0 bridgehead atoms. The number of carbonyl (C=O) groups excluding carboxylic acids is 2. The van der Waals surface area contributed by atoms with E-state index in [-0.39, 0.29) is 22.4 Å². The van der Waals surface area contributed by atoms with Gasteiger partial charge in [-0.25, -0.2) is 13.1 Å². The van der Waals surface area contributed by atoms with Gasteiger partial charge in [0.05, 0.1) is 4.90 Å². The Morgan fingerprint density at radius 1 is 1.07 bits per heavy atom. The minimum Gasteiger partial charge on any atom is -0.349 e. The molecule has 142 valence electrons. The zero-order valence-electron chi connectivity index (χ0n) is 14.7. The fraction of sp³-hybridized carbons (Fsp3) is 0.263. The summed E-state index contributed by atoms with van der Waals surface area (Å²) in [5, 5.41) is 3.18. The number of benzene rings is 2. The minimum atomic E-state index is -4.07. The first kappa shape index (κ1) is 19.4. The van der Waals surface area contributed by atoms with Gasteiger partial charge in [0.15, 0.2) is 0 Å². The van der Waals surface area contributed by atoms with Crippen molar-refractivity contribution in [3.8, 4) is 0 Å². The Morgan fingerprint density at radius 3 is 2.33 bits per heavy atom. The van der Waals surface area contributed by atoms with E-state index in [0.717, 1.165) is 12.8 Å². The van der Waals surface area contributed by atoms with Gasteiger partial charge in [-0.2, -0.15) is 0 Å². The molecule has 0 spiro atoms. The fourth-order valence-electron chi connectivity index (χ4n) is 2.59. The summed E-state index contributed by atoms with van der Waals surface area (Å²) >= 11 is 5.93. The summed E-state index contributed by atoms with van der Waals surface area (Å²) in [6, 6.07) is 10.4. The molecule has 2 aromatic rings. The molecule has 0 atom stereocenters. The third-order valence-corrected chi connectivity index (χ3v) is 5.85. The molecule has 0 aromatic heterocycles. The van der Waals surface area contributed by atoms with Crippen LogP contribution >= 0.6 is 11.6 Å². The van der Waals surface area contributed by atoms with Crippen LogP contribution in [0.15, 0.2) is 47.4 Å². The first-order valence-electron chi connectivity index (χ1n) is 8.56. The molecule has 6 nitrogen and oxygen atoms in total. The highest BCUT2D eigenvalue weighted by Crippen LogP contribution is 2.20. The topological polar surface area (TPSA) is 92.3 Å². The summed E-state index contributed by atoms with van der Waals surface area (Å²) in [6.45, 7) is 1.86. The Kier molecular flexibility index (Phi) is 5.53. The van der Waals surface area contributed by atoms with Crippen LogP contribution in [0.1, 0.15) is 46.0 Å². The van der Waals surface area contributed by atoms with Crippen molar-refractivity contribution < 1.29 is 18.0 Å². The standard InChI is InChI=1S/C19H19ClN2O4S/c1-2-12-3-6-14(20)11-17(12)19(24)22-27(25,26)16-9-4-13(5-10-16)18(23)21-15-7-8-15/h3-6,9-11,15H,2,7-8H2,1H3,(H,21,23)(H,22,24). The molecule has 0 radical (unpaired) electrons. The quantitative estimate of drug-likeness (QED) is 0.771. The number of carbonyl (C=O) groups is 2. The third-order valence-electron chi connectivity index (χ3n) is 4.26. The maximum Gasteiger partial charge on any atom is 0.265 e. The van der Waals surface area contributed by atoms with Crippen molar-refractivity contribution >= 4 is 33.4 Å². The van der Waals surface area contributed by atoms with E-state index in [1.807, 2.05) is 6.92 Å². The molecule has 1 saturated carbocycles. The second-order valence-electron chi connectivity index (χ2n) is 6.36. The van der Waals surface area contributed by atoms with Gasteiger partial charge in [0, 0.05) is 22.2 Å². The lowest BCUT2D eigenvalue weighted by molar-refractivity contribution is 0.0948. The second-order valence-corrected chi connectivity index (χ2v) is 8.48. The lowest BCUT2D eigenvalue weighted by Crippen LogP contribution is -2.31. The average molecular weight is 407 g/mol. The summed E-state index contributed by atoms with van der Waals surface area (Å²) in [5.74, 6) is -0.984. The molecule has 0 unspecified atom stereocenters. The van der Waals surface area contributed by atoms with Crippen LogP contribution in [0, 0.1) is 0 Å². The van der Waals surface area contributed by atoms with Gasteiger partial charge in [-0.05, 0) is 61.2 Å². The third kappa shape index (κ3) is 4.67. The van der Waals surface area contributed by atoms with Crippen LogP contribution in [-0.2, 0) is 16.4 Å². The van der Waals surface area contributed by atoms with E-state index in [1.165, 1.54) is 30.3 Å². The van der Waals surface area contributed by atoms with Crippen molar-refractivity contribution in [1.82, 2.24) is 10.0 Å². The van der Waals surface area contributed by atoms with Gasteiger partial charge in [0.1, 0.15) is 0 Å². The van der Waals surface area contributed by atoms with E-state index in [9.17, 15) is 18.0 Å². The molecule has 0 saturated heterocycles. The number of hydrogen-bond donors (Lipinski definition) is 2. The summed E-state index contributed by atoms with van der Waals surface area (Å²) in [5.41, 5.74) is 1.28. The smallest absolute Gasteiger partial charge is 0.265 e. The Balaban J connectivity index is 1.77. The molecule has 0 heterocycles. The minimum absolute atomic E-state index is 0.0982. The monoisotopic (exact) mass is 406 g/mol. The zero-order chi connectivity index (χ0) is 19.6. The van der Waals surface area contributed by atoms with Crippen molar-refractivity contribution in [2.75, 3.05) is 0 Å². The Bertz CT molecular complexity index is 983. The molecule has 0 aliphatic heterocycles. The molecule has 1 aliphatic rings. The molecule has 2 amide bonds. The van der Waals surface area contributed by atoms with Gasteiger partial charge in [0.25, 0.3) is 21.8 Å². The predicted molar refractivity (Wildman–Crippen MR) is 102 cm³/mol. The largest absolute Gasteiger partial charge is 0.349 e. The van der Waals surface area contributed by atoms with Crippen LogP contribution in [0.2, 0.25) is 5.02 Å². The highest BCUT2D eigenvalue weighted by atomic mass is 35.5. The zero-order valence-corrected chi connectivity index (χ0v) is 16.2. The van der Waals surface area contributed by atoms with Crippen LogP contribution in [0.4, 0.5) is 0 Å². The molecule has 3 rings (SSSR count). The van der Waals surface area contributed by atoms with E-state index in [1.54, 1.807) is 12.1 Å². The molecular formula is C19H19ClN2O4S. The van der Waals surface area contributed by atoms with Crippen molar-refractivity contribution in [2.24, 2.45) is 0 Å². The molecule has 27 heavy (non-hydrogen) atoms. The second kappa shape index (κ2) is 7.70. The Hall–Kier alpha value is -2.38. The van der Waals surface area contributed by atoms with Gasteiger partial charge in [-0.3, -0.25) is 9.59 Å². The molecule has 1 aliphatic carbocycles. The van der Waals surface area contributed by atoms with Crippen molar-refractivity contribution in [3.05, 3.63) is 64.2 Å². The molecule has 2 N–H and O–H groups in total. The SMILES string of the molecule is CCc1ccc(Cl)cc1C(=O)NS(=O)(=O)c1ccc(C(=O)NC2CC2)cc1. The van der Waals surface area contributed by atoms with Crippen LogP contribution in [-0.4, -0.2) is 26.3 Å². The normalized spacial score (nSPS) is 13.9. The number of sulfonamides is 1. The number of nitrogens with one attached hydrogen (secondary N) is 2. The number of amides is 2. The van der Waals surface area contributed by atoms with Crippen molar-refractivity contribution in [2.45, 2.75) is 37.1 Å². The predicted octanol–water partition coefficient (Wildman–Crippen LogP) is 2.91. The van der Waals surface area contributed by atoms with Crippen molar-refractivity contribution in [1.29, 1.82) is 0 Å². The highest BCUT2D eigenvalue weighted by molar-refractivity contribution is 7.90. The van der Waals surface area contributed by atoms with E-state index in [0.29, 0.717) is 22.6 Å². The first-order chi connectivity index (χ1) is 12.8. The molecule has 1 fully saturated rings. The van der Waals surface area contributed by atoms with Gasteiger partial charge in [0.2, 0.25) is 0 Å². The van der Waals surface area contributed by atoms with Crippen LogP contribution in [0.3, 0.4) is 0 Å². The van der Waals surface area contributed by atoms with Gasteiger partial charge in [-0.1, -0.05) is 24.6 Å². The van der Waals surface area contributed by atoms with Gasteiger partial charge in [-0.15, -0.1) is 0 Å². The van der Waals surface area contributed by atoms with E-state index < -0.39 is 15.9 Å². The summed E-state index contributed by atoms with van der Waals surface area (Å²) in [4.78, 5) is 24.3. The van der Waals surface area contributed by atoms with Crippen LogP contribution in [0.25, 0.3) is 0 Å². The Labute approximate surface area is 163 Å². The molecule has 2 aromatic carbocycles. The maximum absolute atomic E-state index is 12.5. The number of aryl methyl sites for hydroxylation is 1. The average Bonchev–Trinajstić information content (AvgIpc) is 3.45. The summed E-state index contributed by atoms with van der Waals surface area (Å²) in [7, 11) is -4.07. The van der Waals surface area contributed by atoms with Crippen LogP contribution in [0.5, 0.6) is 0 Å².